The lowest BCUT2D eigenvalue weighted by Crippen LogP contribution is -2.41. The van der Waals surface area contributed by atoms with Gasteiger partial charge in [0.1, 0.15) is 0 Å². The third kappa shape index (κ3) is 6.91. The summed E-state index contributed by atoms with van der Waals surface area (Å²) in [5.74, 6) is 0.253. The Balaban J connectivity index is 2.83. The molecule has 0 saturated heterocycles. The molecule has 0 aliphatic carbocycles. The highest BCUT2D eigenvalue weighted by Crippen LogP contribution is 2.36. The van der Waals surface area contributed by atoms with Crippen LogP contribution in [0.4, 0.5) is 0 Å². The number of hydrogen-bond acceptors (Lipinski definition) is 3. The van der Waals surface area contributed by atoms with Crippen LogP contribution < -0.4 is 5.32 Å². The molecule has 1 aromatic carbocycles. The first-order valence-electron chi connectivity index (χ1n) is 11.4. The van der Waals surface area contributed by atoms with Crippen molar-refractivity contribution in [3.8, 4) is 0 Å². The predicted octanol–water partition coefficient (Wildman–Crippen LogP) is 6.89. The van der Waals surface area contributed by atoms with E-state index in [9.17, 15) is 9.59 Å². The third-order valence-corrected chi connectivity index (χ3v) is 6.10. The number of benzene rings is 1. The largest absolute Gasteiger partial charge is 0.361 e. The SMILES string of the molecule is C=C/C=C\CC1=C(C)NC(CC(C)C)=C(C(=O)CC)C(/C(Br)=C/c2ccccc2)N1C(C)=O. The zero-order valence-electron chi connectivity index (χ0n) is 20.3. The molecule has 0 bridgehead atoms. The van der Waals surface area contributed by atoms with E-state index in [2.05, 4.69) is 41.7 Å². The van der Waals surface area contributed by atoms with Crippen molar-refractivity contribution in [2.45, 2.75) is 59.9 Å². The van der Waals surface area contributed by atoms with Gasteiger partial charge in [0.25, 0.3) is 0 Å². The number of hydrogen-bond donors (Lipinski definition) is 1. The van der Waals surface area contributed by atoms with Gasteiger partial charge in [-0.3, -0.25) is 9.59 Å². The molecule has 1 heterocycles. The summed E-state index contributed by atoms with van der Waals surface area (Å²) in [6.07, 6.45) is 9.16. The first-order chi connectivity index (χ1) is 15.7. The smallest absolute Gasteiger partial charge is 0.224 e. The van der Waals surface area contributed by atoms with Crippen molar-refractivity contribution in [3.63, 3.8) is 0 Å². The molecule has 33 heavy (non-hydrogen) atoms. The van der Waals surface area contributed by atoms with E-state index in [1.54, 1.807) is 17.9 Å². The minimum Gasteiger partial charge on any atom is -0.361 e. The number of nitrogens with zero attached hydrogens (tertiary/aromatic N) is 1. The Hall–Kier alpha value is -2.66. The van der Waals surface area contributed by atoms with Crippen molar-refractivity contribution in [3.05, 3.63) is 87.8 Å². The minimum atomic E-state index is -0.555. The molecule has 1 aliphatic heterocycles. The van der Waals surface area contributed by atoms with Crippen molar-refractivity contribution < 1.29 is 9.59 Å². The van der Waals surface area contributed by atoms with Gasteiger partial charge in [0.15, 0.2) is 5.78 Å². The minimum absolute atomic E-state index is 0.0310. The van der Waals surface area contributed by atoms with Gasteiger partial charge in [-0.1, -0.05) is 91.8 Å². The van der Waals surface area contributed by atoms with Gasteiger partial charge < -0.3 is 10.2 Å². The summed E-state index contributed by atoms with van der Waals surface area (Å²) < 4.78 is 0.767. The van der Waals surface area contributed by atoms with Gasteiger partial charge in [-0.25, -0.2) is 0 Å². The molecule has 4 nitrogen and oxygen atoms in total. The average Bonchev–Trinajstić information content (AvgIpc) is 2.88. The summed E-state index contributed by atoms with van der Waals surface area (Å²) >= 11 is 3.78. The van der Waals surface area contributed by atoms with Crippen LogP contribution >= 0.6 is 15.9 Å². The summed E-state index contributed by atoms with van der Waals surface area (Å²) in [6, 6.07) is 9.35. The lowest BCUT2D eigenvalue weighted by atomic mass is 9.92. The van der Waals surface area contributed by atoms with Crippen LogP contribution in [0.25, 0.3) is 6.08 Å². The normalized spacial score (nSPS) is 17.5. The van der Waals surface area contributed by atoms with Crippen LogP contribution in [-0.4, -0.2) is 22.6 Å². The Morgan fingerprint density at radius 1 is 1.24 bits per heavy atom. The van der Waals surface area contributed by atoms with Gasteiger partial charge in [-0.2, -0.15) is 0 Å². The molecule has 0 saturated carbocycles. The van der Waals surface area contributed by atoms with E-state index in [-0.39, 0.29) is 11.7 Å². The molecule has 1 aromatic rings. The number of Topliss-reactive ketones (excluding diaryl/α,β-unsaturated/α-hetero) is 1. The highest BCUT2D eigenvalue weighted by Gasteiger charge is 2.37. The Labute approximate surface area is 207 Å². The number of amides is 1. The Morgan fingerprint density at radius 3 is 2.45 bits per heavy atom. The Kier molecular flexibility index (Phi) is 10.1. The van der Waals surface area contributed by atoms with Crippen LogP contribution in [0.15, 0.2) is 82.3 Å². The molecule has 0 aromatic heterocycles. The van der Waals surface area contributed by atoms with Gasteiger partial charge in [0.2, 0.25) is 5.91 Å². The number of rotatable bonds is 9. The van der Waals surface area contributed by atoms with E-state index >= 15 is 0 Å². The zero-order chi connectivity index (χ0) is 24.5. The average molecular weight is 512 g/mol. The molecule has 0 spiro atoms. The lowest BCUT2D eigenvalue weighted by Gasteiger charge is -2.33. The summed E-state index contributed by atoms with van der Waals surface area (Å²) in [5, 5.41) is 3.52. The Bertz CT molecular complexity index is 1000. The highest BCUT2D eigenvalue weighted by molar-refractivity contribution is 9.11. The van der Waals surface area contributed by atoms with Crippen molar-refractivity contribution >= 4 is 33.7 Å². The van der Waals surface area contributed by atoms with Crippen LogP contribution in [-0.2, 0) is 9.59 Å². The second-order valence-corrected chi connectivity index (χ2v) is 9.48. The van der Waals surface area contributed by atoms with Crippen LogP contribution in [0.1, 0.15) is 59.4 Å². The van der Waals surface area contributed by atoms with E-state index in [0.29, 0.717) is 30.8 Å². The van der Waals surface area contributed by atoms with Gasteiger partial charge in [0, 0.05) is 46.9 Å². The maximum absolute atomic E-state index is 13.4. The van der Waals surface area contributed by atoms with Gasteiger partial charge in [-0.15, -0.1) is 0 Å². The standard InChI is InChI=1S/C28H35BrN2O2/c1-7-9-11-16-25-20(5)30-24(17-19(3)4)27(26(33)8-2)28(31(25)21(6)32)23(29)18-22-14-12-10-13-15-22/h7,9-15,18-19,28,30H,1,8,16-17H2,2-6H3/b11-9-,23-18-. The topological polar surface area (TPSA) is 49.4 Å². The van der Waals surface area contributed by atoms with Crippen LogP contribution in [0.5, 0.6) is 0 Å². The van der Waals surface area contributed by atoms with Crippen molar-refractivity contribution in [2.75, 3.05) is 0 Å². The molecule has 0 radical (unpaired) electrons. The lowest BCUT2D eigenvalue weighted by molar-refractivity contribution is -0.128. The molecule has 5 heteroatoms. The number of nitrogens with one attached hydrogen (secondary N) is 1. The molecule has 1 N–H and O–H groups in total. The van der Waals surface area contributed by atoms with Crippen molar-refractivity contribution in [1.29, 1.82) is 0 Å². The third-order valence-electron chi connectivity index (χ3n) is 5.44. The molecule has 0 fully saturated rings. The second-order valence-electron chi connectivity index (χ2n) is 8.56. The van der Waals surface area contributed by atoms with E-state index in [1.165, 1.54) is 0 Å². The molecule has 1 unspecified atom stereocenters. The molecular formula is C28H35BrN2O2. The second kappa shape index (κ2) is 12.5. The van der Waals surface area contributed by atoms with E-state index in [4.69, 9.17) is 0 Å². The van der Waals surface area contributed by atoms with Gasteiger partial charge in [-0.05, 0) is 30.9 Å². The van der Waals surface area contributed by atoms with Gasteiger partial charge in [0.05, 0.1) is 6.04 Å². The highest BCUT2D eigenvalue weighted by atomic mass is 79.9. The van der Waals surface area contributed by atoms with E-state index in [1.807, 2.05) is 62.4 Å². The predicted molar refractivity (Wildman–Crippen MR) is 141 cm³/mol. The number of carbonyl (C=O) groups is 2. The molecule has 2 rings (SSSR count). The maximum atomic E-state index is 13.4. The number of halogens is 1. The van der Waals surface area contributed by atoms with E-state index < -0.39 is 6.04 Å². The monoisotopic (exact) mass is 510 g/mol. The summed E-state index contributed by atoms with van der Waals surface area (Å²) in [7, 11) is 0. The maximum Gasteiger partial charge on any atom is 0.224 e. The van der Waals surface area contributed by atoms with Gasteiger partial charge >= 0.3 is 0 Å². The first-order valence-corrected chi connectivity index (χ1v) is 12.2. The fourth-order valence-corrected chi connectivity index (χ4v) is 4.72. The molecular weight excluding hydrogens is 476 g/mol. The zero-order valence-corrected chi connectivity index (χ0v) is 21.9. The van der Waals surface area contributed by atoms with Crippen LogP contribution in [0.2, 0.25) is 0 Å². The fraction of sp³-hybridized carbons (Fsp3) is 0.357. The summed E-state index contributed by atoms with van der Waals surface area (Å²) in [5.41, 5.74) is 4.23. The fourth-order valence-electron chi connectivity index (χ4n) is 4.02. The number of carbonyl (C=O) groups excluding carboxylic acids is 2. The summed E-state index contributed by atoms with van der Waals surface area (Å²) in [6.45, 7) is 13.4. The van der Waals surface area contributed by atoms with Crippen LogP contribution in [0, 0.1) is 5.92 Å². The molecule has 1 aliphatic rings. The summed E-state index contributed by atoms with van der Waals surface area (Å²) in [4.78, 5) is 28.3. The van der Waals surface area contributed by atoms with E-state index in [0.717, 1.165) is 27.1 Å². The van der Waals surface area contributed by atoms with Crippen molar-refractivity contribution in [1.82, 2.24) is 10.2 Å². The van der Waals surface area contributed by atoms with Crippen LogP contribution in [0.3, 0.4) is 0 Å². The quantitative estimate of drug-likeness (QED) is 0.368. The number of ketones is 1. The number of allylic oxidation sites excluding steroid dienone is 5. The first kappa shape index (κ1) is 26.6. The molecule has 1 amide bonds. The molecule has 176 valence electrons. The van der Waals surface area contributed by atoms with Crippen molar-refractivity contribution in [2.24, 2.45) is 5.92 Å². The molecule has 1 atom stereocenters. The Morgan fingerprint density at radius 2 is 1.91 bits per heavy atom.